The van der Waals surface area contributed by atoms with Gasteiger partial charge in [0.1, 0.15) is 17.1 Å². The van der Waals surface area contributed by atoms with Crippen LogP contribution < -0.4 is 10.3 Å². The number of rotatable bonds is 4. The lowest BCUT2D eigenvalue weighted by atomic mass is 10.0. The molecule has 0 saturated carbocycles. The highest BCUT2D eigenvalue weighted by Crippen LogP contribution is 2.29. The summed E-state index contributed by atoms with van der Waals surface area (Å²) in [5, 5.41) is 10.9. The summed E-state index contributed by atoms with van der Waals surface area (Å²) >= 11 is 0. The molecule has 0 fully saturated rings. The van der Waals surface area contributed by atoms with Gasteiger partial charge < -0.3 is 14.8 Å². The summed E-state index contributed by atoms with van der Waals surface area (Å²) < 4.78 is 5.64. The molecule has 0 bridgehead atoms. The minimum atomic E-state index is -0.629. The Kier molecular flexibility index (Phi) is 4.08. The summed E-state index contributed by atoms with van der Waals surface area (Å²) in [5.74, 6) is -0.515. The van der Waals surface area contributed by atoms with E-state index in [-0.39, 0.29) is 23.0 Å². The smallest absolute Gasteiger partial charge is 0.263 e. The molecule has 24 heavy (non-hydrogen) atoms. The third-order valence-corrected chi connectivity index (χ3v) is 3.62. The molecule has 0 aliphatic heterocycles. The number of benzene rings is 2. The first-order valence-electron chi connectivity index (χ1n) is 7.63. The molecule has 0 unspecified atom stereocenters. The monoisotopic (exact) mass is 323 g/mol. The van der Waals surface area contributed by atoms with Crippen molar-refractivity contribution in [1.29, 1.82) is 0 Å². The molecule has 5 heteroatoms. The first kappa shape index (κ1) is 15.8. The number of ether oxygens (including phenoxy) is 1. The van der Waals surface area contributed by atoms with Crippen LogP contribution in [0.4, 0.5) is 0 Å². The fourth-order valence-corrected chi connectivity index (χ4v) is 2.58. The number of hydrogen-bond donors (Lipinski definition) is 2. The maximum absolute atomic E-state index is 12.9. The van der Waals surface area contributed by atoms with Gasteiger partial charge in [-0.15, -0.1) is 0 Å². The molecule has 5 nitrogen and oxygen atoms in total. The van der Waals surface area contributed by atoms with Gasteiger partial charge in [0, 0.05) is 5.39 Å². The molecule has 0 radical (unpaired) electrons. The maximum Gasteiger partial charge on any atom is 0.263 e. The first-order chi connectivity index (χ1) is 11.5. The zero-order valence-electron chi connectivity index (χ0n) is 13.4. The van der Waals surface area contributed by atoms with Crippen LogP contribution in [0.2, 0.25) is 0 Å². The van der Waals surface area contributed by atoms with Crippen LogP contribution in [0.3, 0.4) is 0 Å². The van der Waals surface area contributed by atoms with Gasteiger partial charge >= 0.3 is 0 Å². The van der Waals surface area contributed by atoms with Gasteiger partial charge in [-0.1, -0.05) is 24.3 Å². The lowest BCUT2D eigenvalue weighted by Crippen LogP contribution is -2.20. The highest BCUT2D eigenvalue weighted by Gasteiger charge is 2.23. The van der Waals surface area contributed by atoms with Crippen molar-refractivity contribution in [2.75, 3.05) is 0 Å². The Hall–Kier alpha value is -3.08. The van der Waals surface area contributed by atoms with Crippen LogP contribution in [0.1, 0.15) is 29.8 Å². The number of fused-ring (bicyclic) bond motifs is 1. The Morgan fingerprint density at radius 3 is 2.50 bits per heavy atom. The van der Waals surface area contributed by atoms with E-state index in [4.69, 9.17) is 4.74 Å². The fourth-order valence-electron chi connectivity index (χ4n) is 2.58. The van der Waals surface area contributed by atoms with E-state index in [9.17, 15) is 14.7 Å². The highest BCUT2D eigenvalue weighted by molar-refractivity contribution is 6.14. The average molecular weight is 323 g/mol. The summed E-state index contributed by atoms with van der Waals surface area (Å²) in [5.41, 5.74) is -0.199. The highest BCUT2D eigenvalue weighted by atomic mass is 16.5. The molecule has 0 saturated heterocycles. The second kappa shape index (κ2) is 6.20. The number of ketones is 1. The lowest BCUT2D eigenvalue weighted by molar-refractivity contribution is 0.102. The van der Waals surface area contributed by atoms with Gasteiger partial charge in [0.05, 0.1) is 17.2 Å². The van der Waals surface area contributed by atoms with Crippen LogP contribution in [-0.2, 0) is 0 Å². The largest absolute Gasteiger partial charge is 0.506 e. The van der Waals surface area contributed by atoms with Crippen molar-refractivity contribution in [3.05, 3.63) is 70.0 Å². The number of H-pyrrole nitrogens is 1. The molecule has 1 heterocycles. The third-order valence-electron chi connectivity index (χ3n) is 3.62. The molecule has 2 aromatic carbocycles. The molecule has 2 N–H and O–H groups in total. The van der Waals surface area contributed by atoms with Crippen molar-refractivity contribution in [2.45, 2.75) is 20.0 Å². The number of pyridine rings is 1. The van der Waals surface area contributed by atoms with Crippen LogP contribution in [-0.4, -0.2) is 22.0 Å². The molecule has 0 aliphatic carbocycles. The van der Waals surface area contributed by atoms with Gasteiger partial charge in [-0.05, 0) is 38.1 Å². The normalized spacial score (nSPS) is 11.0. The summed E-state index contributed by atoms with van der Waals surface area (Å²) in [6.07, 6.45) is -0.123. The number of hydrogen-bond acceptors (Lipinski definition) is 4. The van der Waals surface area contributed by atoms with Gasteiger partial charge in [-0.25, -0.2) is 0 Å². The Morgan fingerprint density at radius 2 is 1.75 bits per heavy atom. The van der Waals surface area contributed by atoms with Gasteiger partial charge in [-0.2, -0.15) is 0 Å². The molecule has 122 valence electrons. The quantitative estimate of drug-likeness (QED) is 0.722. The summed E-state index contributed by atoms with van der Waals surface area (Å²) in [6, 6.07) is 13.5. The minimum absolute atomic E-state index is 0.123. The molecule has 0 atom stereocenters. The SMILES string of the molecule is CC(C)Oc1ccccc1C(=O)c1c(O)c2ccccc2[nH]c1=O. The molecule has 1 aromatic heterocycles. The predicted octanol–water partition coefficient (Wildman–Crippen LogP) is 3.25. The zero-order valence-corrected chi connectivity index (χ0v) is 13.4. The van der Waals surface area contributed by atoms with E-state index in [0.29, 0.717) is 16.7 Å². The lowest BCUT2D eigenvalue weighted by Gasteiger charge is -2.14. The molecular formula is C19H17NO4. The van der Waals surface area contributed by atoms with E-state index in [0.717, 1.165) is 0 Å². The Morgan fingerprint density at radius 1 is 1.08 bits per heavy atom. The summed E-state index contributed by atoms with van der Waals surface area (Å²) in [6.45, 7) is 3.70. The van der Waals surface area contributed by atoms with E-state index in [1.807, 2.05) is 13.8 Å². The Balaban J connectivity index is 2.19. The molecule has 0 spiro atoms. The van der Waals surface area contributed by atoms with Crippen LogP contribution in [0, 0.1) is 0 Å². The molecule has 0 aliphatic rings. The average Bonchev–Trinajstić information content (AvgIpc) is 2.54. The number of carbonyl (C=O) groups excluding carboxylic acids is 1. The zero-order chi connectivity index (χ0) is 17.3. The minimum Gasteiger partial charge on any atom is -0.506 e. The Bertz CT molecular complexity index is 973. The molecular weight excluding hydrogens is 306 g/mol. The van der Waals surface area contributed by atoms with Gasteiger partial charge in [0.25, 0.3) is 5.56 Å². The predicted molar refractivity (Wildman–Crippen MR) is 91.9 cm³/mol. The number of carbonyl (C=O) groups is 1. The number of aromatic hydroxyl groups is 1. The van der Waals surface area contributed by atoms with Crippen molar-refractivity contribution < 1.29 is 14.6 Å². The van der Waals surface area contributed by atoms with Crippen LogP contribution >= 0.6 is 0 Å². The second-order valence-corrected chi connectivity index (χ2v) is 5.72. The molecule has 3 rings (SSSR count). The van der Waals surface area contributed by atoms with Crippen molar-refractivity contribution in [1.82, 2.24) is 4.98 Å². The molecule has 3 aromatic rings. The number of nitrogens with one attached hydrogen (secondary N) is 1. The van der Waals surface area contributed by atoms with Crippen molar-refractivity contribution >= 4 is 16.7 Å². The van der Waals surface area contributed by atoms with E-state index in [1.165, 1.54) is 0 Å². The van der Waals surface area contributed by atoms with E-state index < -0.39 is 11.3 Å². The maximum atomic E-state index is 12.9. The van der Waals surface area contributed by atoms with Gasteiger partial charge in [0.15, 0.2) is 0 Å². The fraction of sp³-hybridized carbons (Fsp3) is 0.158. The standard InChI is InChI=1S/C19H17NO4/c1-11(2)24-15-10-6-4-8-13(15)18(22)16-17(21)12-7-3-5-9-14(12)20-19(16)23/h3-11H,1-2H3,(H2,20,21,23). The van der Waals surface area contributed by atoms with Gasteiger partial charge in [0.2, 0.25) is 5.78 Å². The Labute approximate surface area is 138 Å². The summed E-state index contributed by atoms with van der Waals surface area (Å²) in [4.78, 5) is 27.8. The number of para-hydroxylation sites is 2. The first-order valence-corrected chi connectivity index (χ1v) is 7.63. The summed E-state index contributed by atoms with van der Waals surface area (Å²) in [7, 11) is 0. The van der Waals surface area contributed by atoms with Gasteiger partial charge in [-0.3, -0.25) is 9.59 Å². The number of aromatic amines is 1. The van der Waals surface area contributed by atoms with Crippen LogP contribution in [0.5, 0.6) is 11.5 Å². The topological polar surface area (TPSA) is 79.4 Å². The van der Waals surface area contributed by atoms with Crippen molar-refractivity contribution in [3.8, 4) is 11.5 Å². The van der Waals surface area contributed by atoms with E-state index in [1.54, 1.807) is 48.5 Å². The van der Waals surface area contributed by atoms with E-state index >= 15 is 0 Å². The second-order valence-electron chi connectivity index (χ2n) is 5.72. The van der Waals surface area contributed by atoms with Crippen molar-refractivity contribution in [2.24, 2.45) is 0 Å². The third kappa shape index (κ3) is 2.76. The van der Waals surface area contributed by atoms with E-state index in [2.05, 4.69) is 4.98 Å². The number of aromatic nitrogens is 1. The van der Waals surface area contributed by atoms with Crippen LogP contribution in [0.25, 0.3) is 10.9 Å². The van der Waals surface area contributed by atoms with Crippen molar-refractivity contribution in [3.63, 3.8) is 0 Å². The molecule has 0 amide bonds. The van der Waals surface area contributed by atoms with Crippen LogP contribution in [0.15, 0.2) is 53.3 Å².